The lowest BCUT2D eigenvalue weighted by atomic mass is 10.1. The van der Waals surface area contributed by atoms with Crippen LogP contribution in [0, 0.1) is 4.77 Å². The Kier molecular flexibility index (Phi) is 3.64. The van der Waals surface area contributed by atoms with Crippen LogP contribution in [0.25, 0.3) is 11.4 Å². The number of hydrogen-bond donors (Lipinski definition) is 1. The van der Waals surface area contributed by atoms with Gasteiger partial charge in [-0.3, -0.25) is 9.67 Å². The van der Waals surface area contributed by atoms with Crippen LogP contribution in [0.3, 0.4) is 0 Å². The quantitative estimate of drug-likeness (QED) is 0.664. The Bertz CT molecular complexity index is 605. The number of benzene rings is 1. The second-order valence-electron chi connectivity index (χ2n) is 5.06. The first-order valence-electron chi connectivity index (χ1n) is 5.76. The Morgan fingerprint density at radius 1 is 1.28 bits per heavy atom. The summed E-state index contributed by atoms with van der Waals surface area (Å²) in [6.07, 6.45) is 2.07. The van der Waals surface area contributed by atoms with Crippen molar-refractivity contribution in [2.24, 2.45) is 0 Å². The van der Waals surface area contributed by atoms with Gasteiger partial charge < -0.3 is 0 Å². The van der Waals surface area contributed by atoms with Crippen LogP contribution < -0.4 is 0 Å². The van der Waals surface area contributed by atoms with Gasteiger partial charge in [0.15, 0.2) is 10.6 Å². The number of thioether (sulfide) groups is 1. The van der Waals surface area contributed by atoms with Gasteiger partial charge in [0.05, 0.1) is 0 Å². The largest absolute Gasteiger partial charge is 0.295 e. The van der Waals surface area contributed by atoms with Crippen molar-refractivity contribution < 1.29 is 0 Å². The molecule has 0 radical (unpaired) electrons. The molecule has 1 N–H and O–H groups in total. The van der Waals surface area contributed by atoms with Gasteiger partial charge in [0.2, 0.25) is 0 Å². The highest BCUT2D eigenvalue weighted by atomic mass is 32.2. The summed E-state index contributed by atoms with van der Waals surface area (Å²) in [5, 5.41) is 7.29. The Hall–Kier alpha value is -1.07. The highest BCUT2D eigenvalue weighted by molar-refractivity contribution is 7.98. The van der Waals surface area contributed by atoms with Crippen molar-refractivity contribution in [3.63, 3.8) is 0 Å². The van der Waals surface area contributed by atoms with E-state index >= 15 is 0 Å². The van der Waals surface area contributed by atoms with Crippen molar-refractivity contribution in [2.75, 3.05) is 6.26 Å². The first-order chi connectivity index (χ1) is 8.45. The SMILES string of the molecule is CSc1ccccc1-c1n[nH]c(=S)n1C(C)(C)C. The molecule has 2 aromatic rings. The molecule has 0 spiro atoms. The van der Waals surface area contributed by atoms with Crippen molar-refractivity contribution in [2.45, 2.75) is 31.2 Å². The molecule has 0 atom stereocenters. The number of nitrogens with one attached hydrogen (secondary N) is 1. The van der Waals surface area contributed by atoms with E-state index in [-0.39, 0.29) is 5.54 Å². The van der Waals surface area contributed by atoms with E-state index in [1.807, 2.05) is 12.1 Å². The Morgan fingerprint density at radius 3 is 2.56 bits per heavy atom. The highest BCUT2D eigenvalue weighted by Gasteiger charge is 2.21. The molecule has 1 aromatic heterocycles. The molecule has 0 unspecified atom stereocenters. The zero-order chi connectivity index (χ0) is 13.3. The van der Waals surface area contributed by atoms with Gasteiger partial charge in [0, 0.05) is 16.0 Å². The zero-order valence-corrected chi connectivity index (χ0v) is 12.7. The summed E-state index contributed by atoms with van der Waals surface area (Å²) in [6.45, 7) is 6.39. The third-order valence-corrected chi connectivity index (χ3v) is 3.76. The summed E-state index contributed by atoms with van der Waals surface area (Å²) in [7, 11) is 0. The molecule has 96 valence electrons. The molecule has 0 amide bonds. The highest BCUT2D eigenvalue weighted by Crippen LogP contribution is 2.31. The number of aromatic amines is 1. The maximum absolute atomic E-state index is 5.34. The minimum atomic E-state index is -0.0923. The minimum absolute atomic E-state index is 0.0923. The lowest BCUT2D eigenvalue weighted by Gasteiger charge is -2.23. The van der Waals surface area contributed by atoms with Crippen LogP contribution >= 0.6 is 24.0 Å². The molecular formula is C13H17N3S2. The molecule has 0 bridgehead atoms. The Morgan fingerprint density at radius 2 is 1.94 bits per heavy atom. The molecule has 1 heterocycles. The van der Waals surface area contributed by atoms with Crippen LogP contribution in [0.4, 0.5) is 0 Å². The van der Waals surface area contributed by atoms with E-state index in [4.69, 9.17) is 12.2 Å². The first kappa shape index (κ1) is 13.4. The summed E-state index contributed by atoms with van der Waals surface area (Å²) in [6, 6.07) is 8.25. The summed E-state index contributed by atoms with van der Waals surface area (Å²) in [5.74, 6) is 0.900. The molecule has 2 rings (SSSR count). The molecule has 0 aliphatic rings. The molecule has 5 heteroatoms. The van der Waals surface area contributed by atoms with E-state index in [2.05, 4.69) is 53.9 Å². The van der Waals surface area contributed by atoms with Gasteiger partial charge in [-0.1, -0.05) is 18.2 Å². The molecular weight excluding hydrogens is 262 g/mol. The molecule has 1 aromatic carbocycles. The van der Waals surface area contributed by atoms with E-state index in [1.165, 1.54) is 4.90 Å². The standard InChI is InChI=1S/C13H17N3S2/c1-13(2,3)16-11(14-15-12(16)17)9-7-5-6-8-10(9)18-4/h5-8H,1-4H3,(H,15,17). The monoisotopic (exact) mass is 279 g/mol. The summed E-state index contributed by atoms with van der Waals surface area (Å²) in [4.78, 5) is 1.21. The summed E-state index contributed by atoms with van der Waals surface area (Å²) in [5.41, 5.74) is 1.03. The predicted molar refractivity (Wildman–Crippen MR) is 79.6 cm³/mol. The first-order valence-corrected chi connectivity index (χ1v) is 7.39. The van der Waals surface area contributed by atoms with Gasteiger partial charge in [0.1, 0.15) is 0 Å². The van der Waals surface area contributed by atoms with Crippen molar-refractivity contribution in [3.8, 4) is 11.4 Å². The fourth-order valence-corrected chi connectivity index (χ4v) is 2.93. The van der Waals surface area contributed by atoms with Crippen LogP contribution in [-0.4, -0.2) is 21.0 Å². The number of rotatable bonds is 2. The molecule has 18 heavy (non-hydrogen) atoms. The predicted octanol–water partition coefficient (Wildman–Crippen LogP) is 4.08. The number of H-pyrrole nitrogens is 1. The third kappa shape index (κ3) is 2.37. The fraction of sp³-hybridized carbons (Fsp3) is 0.385. The van der Waals surface area contributed by atoms with E-state index in [9.17, 15) is 0 Å². The Labute approximate surface area is 117 Å². The van der Waals surface area contributed by atoms with E-state index in [0.717, 1.165) is 11.4 Å². The molecule has 0 fully saturated rings. The second-order valence-corrected chi connectivity index (χ2v) is 6.29. The van der Waals surface area contributed by atoms with Crippen LogP contribution in [0.5, 0.6) is 0 Å². The van der Waals surface area contributed by atoms with Crippen molar-refractivity contribution in [1.82, 2.24) is 14.8 Å². The minimum Gasteiger partial charge on any atom is -0.295 e. The molecule has 0 saturated heterocycles. The van der Waals surface area contributed by atoms with Gasteiger partial charge in [0.25, 0.3) is 0 Å². The maximum Gasteiger partial charge on any atom is 0.195 e. The normalized spacial score (nSPS) is 11.8. The molecule has 0 aliphatic heterocycles. The zero-order valence-electron chi connectivity index (χ0n) is 11.0. The third-order valence-electron chi connectivity index (χ3n) is 2.69. The van der Waals surface area contributed by atoms with E-state index in [1.54, 1.807) is 11.8 Å². The summed E-state index contributed by atoms with van der Waals surface area (Å²) < 4.78 is 2.73. The second kappa shape index (κ2) is 4.90. The average molecular weight is 279 g/mol. The van der Waals surface area contributed by atoms with Gasteiger partial charge in [-0.25, -0.2) is 0 Å². The van der Waals surface area contributed by atoms with Crippen molar-refractivity contribution >= 4 is 24.0 Å². The lowest BCUT2D eigenvalue weighted by Crippen LogP contribution is -2.23. The molecule has 0 aliphatic carbocycles. The maximum atomic E-state index is 5.34. The molecule has 3 nitrogen and oxygen atoms in total. The molecule has 0 saturated carbocycles. The van der Waals surface area contributed by atoms with Crippen LogP contribution in [0.15, 0.2) is 29.2 Å². The van der Waals surface area contributed by atoms with Crippen molar-refractivity contribution in [1.29, 1.82) is 0 Å². The lowest BCUT2D eigenvalue weighted by molar-refractivity contribution is 0.395. The number of aromatic nitrogens is 3. The van der Waals surface area contributed by atoms with Crippen molar-refractivity contribution in [3.05, 3.63) is 29.0 Å². The van der Waals surface area contributed by atoms with Gasteiger partial charge in [-0.15, -0.1) is 11.8 Å². The summed E-state index contributed by atoms with van der Waals surface area (Å²) >= 11 is 7.06. The van der Waals surface area contributed by atoms with E-state index in [0.29, 0.717) is 4.77 Å². The van der Waals surface area contributed by atoms with Crippen LogP contribution in [0.2, 0.25) is 0 Å². The number of hydrogen-bond acceptors (Lipinski definition) is 3. The van der Waals surface area contributed by atoms with Gasteiger partial charge in [-0.2, -0.15) is 5.10 Å². The topological polar surface area (TPSA) is 33.6 Å². The van der Waals surface area contributed by atoms with Crippen LogP contribution in [-0.2, 0) is 5.54 Å². The number of nitrogens with zero attached hydrogens (tertiary/aromatic N) is 2. The van der Waals surface area contributed by atoms with Crippen LogP contribution in [0.1, 0.15) is 20.8 Å². The fourth-order valence-electron chi connectivity index (χ4n) is 1.93. The van der Waals surface area contributed by atoms with Gasteiger partial charge in [-0.05, 0) is 45.3 Å². The van der Waals surface area contributed by atoms with E-state index < -0.39 is 0 Å². The average Bonchev–Trinajstić information content (AvgIpc) is 2.70. The smallest absolute Gasteiger partial charge is 0.195 e. The van der Waals surface area contributed by atoms with Gasteiger partial charge >= 0.3 is 0 Å². The Balaban J connectivity index is 2.69.